The van der Waals surface area contributed by atoms with E-state index in [9.17, 15) is 0 Å². The van der Waals surface area contributed by atoms with E-state index in [-0.39, 0.29) is 12.1 Å². The number of methoxy groups -OCH3 is 1. The third-order valence-corrected chi connectivity index (χ3v) is 5.92. The van der Waals surface area contributed by atoms with Crippen LogP contribution in [0.1, 0.15) is 49.1 Å². The van der Waals surface area contributed by atoms with E-state index in [0.29, 0.717) is 6.54 Å². The fourth-order valence-corrected chi connectivity index (χ4v) is 4.09. The average Bonchev–Trinajstić information content (AvgIpc) is 3.39. The summed E-state index contributed by atoms with van der Waals surface area (Å²) < 4.78 is 11.9. The number of ether oxygens (including phenoxy) is 2. The largest absolute Gasteiger partial charge is 0.493 e. The molecule has 1 aliphatic carbocycles. The number of para-hydroxylation sites is 1. The first-order valence-electron chi connectivity index (χ1n) is 9.54. The summed E-state index contributed by atoms with van der Waals surface area (Å²) in [6, 6.07) is 10.4. The molecule has 0 saturated heterocycles. The normalized spacial score (nSPS) is 16.2. The van der Waals surface area contributed by atoms with E-state index in [4.69, 9.17) is 9.47 Å². The zero-order valence-electron chi connectivity index (χ0n) is 16.3. The Balaban J connectivity index is 1.66. The van der Waals surface area contributed by atoms with Crippen LogP contribution in [0.4, 0.5) is 0 Å². The van der Waals surface area contributed by atoms with Crippen molar-refractivity contribution in [2.75, 3.05) is 14.2 Å². The zero-order valence-corrected chi connectivity index (χ0v) is 17.1. The van der Waals surface area contributed by atoms with Gasteiger partial charge in [-0.05, 0) is 50.1 Å². The van der Waals surface area contributed by atoms with Gasteiger partial charge in [0.05, 0.1) is 19.3 Å². The van der Waals surface area contributed by atoms with Crippen molar-refractivity contribution in [3.8, 4) is 11.5 Å². The van der Waals surface area contributed by atoms with Gasteiger partial charge in [-0.2, -0.15) is 0 Å². The van der Waals surface area contributed by atoms with Crippen molar-refractivity contribution in [3.63, 3.8) is 0 Å². The number of benzene rings is 1. The standard InChI is InChI=1S/C21H29N3O2S/c1-15(19-12-7-13-27-19)24-21(22-2)23-14-16-8-6-11-18(25-3)20(16)26-17-9-4-5-10-17/h6-8,11-13,15,17H,4-5,9-10,14H2,1-3H3,(H2,22,23,24). The topological polar surface area (TPSA) is 54.9 Å². The molecular formula is C21H29N3O2S. The lowest BCUT2D eigenvalue weighted by atomic mass is 10.1. The Kier molecular flexibility index (Phi) is 6.98. The maximum Gasteiger partial charge on any atom is 0.191 e. The minimum Gasteiger partial charge on any atom is -0.493 e. The molecule has 0 aliphatic heterocycles. The van der Waals surface area contributed by atoms with Gasteiger partial charge in [0.15, 0.2) is 17.5 Å². The molecule has 3 rings (SSSR count). The molecular weight excluding hydrogens is 358 g/mol. The van der Waals surface area contributed by atoms with Gasteiger partial charge in [0, 0.05) is 24.0 Å². The smallest absolute Gasteiger partial charge is 0.191 e. The highest BCUT2D eigenvalue weighted by molar-refractivity contribution is 7.10. The molecule has 0 amide bonds. The number of aliphatic imine (C=N–C) groups is 1. The first-order valence-corrected chi connectivity index (χ1v) is 10.4. The SMILES string of the molecule is CN=C(NCc1cccc(OC)c1OC1CCCC1)NC(C)c1cccs1. The third-order valence-electron chi connectivity index (χ3n) is 4.86. The van der Waals surface area contributed by atoms with E-state index in [2.05, 4.69) is 46.1 Å². The highest BCUT2D eigenvalue weighted by Gasteiger charge is 2.20. The van der Waals surface area contributed by atoms with Gasteiger partial charge < -0.3 is 20.1 Å². The van der Waals surface area contributed by atoms with Crippen LogP contribution in [0.2, 0.25) is 0 Å². The second kappa shape index (κ2) is 9.65. The summed E-state index contributed by atoms with van der Waals surface area (Å²) in [4.78, 5) is 5.64. The van der Waals surface area contributed by atoms with Gasteiger partial charge in [-0.3, -0.25) is 4.99 Å². The van der Waals surface area contributed by atoms with Crippen LogP contribution >= 0.6 is 11.3 Å². The molecule has 1 heterocycles. The molecule has 1 atom stereocenters. The monoisotopic (exact) mass is 387 g/mol. The lowest BCUT2D eigenvalue weighted by molar-refractivity contribution is 0.198. The number of hydrogen-bond donors (Lipinski definition) is 2. The maximum absolute atomic E-state index is 6.31. The first kappa shape index (κ1) is 19.5. The fraction of sp³-hybridized carbons (Fsp3) is 0.476. The number of nitrogens with one attached hydrogen (secondary N) is 2. The van der Waals surface area contributed by atoms with Crippen LogP contribution in [0.3, 0.4) is 0 Å². The van der Waals surface area contributed by atoms with Crippen LogP contribution in [0.15, 0.2) is 40.7 Å². The molecule has 6 heteroatoms. The highest BCUT2D eigenvalue weighted by Crippen LogP contribution is 2.34. The highest BCUT2D eigenvalue weighted by atomic mass is 32.1. The Hall–Kier alpha value is -2.21. The van der Waals surface area contributed by atoms with E-state index < -0.39 is 0 Å². The van der Waals surface area contributed by atoms with E-state index in [1.807, 2.05) is 12.1 Å². The van der Waals surface area contributed by atoms with Crippen molar-refractivity contribution in [3.05, 3.63) is 46.2 Å². The Morgan fingerprint density at radius 3 is 2.74 bits per heavy atom. The number of thiophene rings is 1. The lowest BCUT2D eigenvalue weighted by Gasteiger charge is -2.21. The van der Waals surface area contributed by atoms with Gasteiger partial charge in [-0.1, -0.05) is 18.2 Å². The predicted molar refractivity (Wildman–Crippen MR) is 112 cm³/mol. The molecule has 1 aromatic carbocycles. The van der Waals surface area contributed by atoms with Crippen LogP contribution in [0, 0.1) is 0 Å². The van der Waals surface area contributed by atoms with Gasteiger partial charge in [0.1, 0.15) is 0 Å². The summed E-state index contributed by atoms with van der Waals surface area (Å²) in [5.74, 6) is 2.41. The predicted octanol–water partition coefficient (Wildman–Crippen LogP) is 4.50. The van der Waals surface area contributed by atoms with Crippen molar-refractivity contribution in [1.29, 1.82) is 0 Å². The molecule has 146 valence electrons. The summed E-state index contributed by atoms with van der Waals surface area (Å²) in [6.45, 7) is 2.76. The minimum absolute atomic E-state index is 0.204. The van der Waals surface area contributed by atoms with Crippen molar-refractivity contribution in [1.82, 2.24) is 10.6 Å². The Labute approximate surface area is 165 Å². The van der Waals surface area contributed by atoms with Crippen LogP contribution in [0.5, 0.6) is 11.5 Å². The van der Waals surface area contributed by atoms with E-state index in [1.54, 1.807) is 25.5 Å². The summed E-state index contributed by atoms with van der Waals surface area (Å²) in [5.41, 5.74) is 1.08. The van der Waals surface area contributed by atoms with Gasteiger partial charge in [0.25, 0.3) is 0 Å². The van der Waals surface area contributed by atoms with Gasteiger partial charge in [-0.15, -0.1) is 11.3 Å². The molecule has 27 heavy (non-hydrogen) atoms. The van der Waals surface area contributed by atoms with Crippen LogP contribution in [-0.2, 0) is 6.54 Å². The summed E-state index contributed by atoms with van der Waals surface area (Å²) in [7, 11) is 3.48. The first-order chi connectivity index (χ1) is 13.2. The minimum atomic E-state index is 0.204. The summed E-state index contributed by atoms with van der Waals surface area (Å²) in [5, 5.41) is 8.93. The second-order valence-corrected chi connectivity index (χ2v) is 7.76. The molecule has 0 bridgehead atoms. The number of guanidine groups is 1. The molecule has 1 aromatic heterocycles. The van der Waals surface area contributed by atoms with Crippen molar-refractivity contribution in [2.24, 2.45) is 4.99 Å². The summed E-state index contributed by atoms with van der Waals surface area (Å²) >= 11 is 1.74. The molecule has 1 fully saturated rings. The molecule has 1 unspecified atom stereocenters. The molecule has 0 spiro atoms. The fourth-order valence-electron chi connectivity index (χ4n) is 3.36. The molecule has 0 radical (unpaired) electrons. The number of nitrogens with zero attached hydrogens (tertiary/aromatic N) is 1. The molecule has 1 saturated carbocycles. The van der Waals surface area contributed by atoms with Crippen molar-refractivity contribution in [2.45, 2.75) is 51.3 Å². The quantitative estimate of drug-likeness (QED) is 0.542. The van der Waals surface area contributed by atoms with Crippen molar-refractivity contribution < 1.29 is 9.47 Å². The Bertz CT molecular complexity index is 740. The molecule has 1 aliphatic rings. The summed E-state index contributed by atoms with van der Waals surface area (Å²) in [6.07, 6.45) is 5.00. The van der Waals surface area contributed by atoms with Crippen LogP contribution in [0.25, 0.3) is 0 Å². The number of hydrogen-bond acceptors (Lipinski definition) is 4. The molecule has 5 nitrogen and oxygen atoms in total. The lowest BCUT2D eigenvalue weighted by Crippen LogP contribution is -2.38. The Morgan fingerprint density at radius 2 is 2.07 bits per heavy atom. The van der Waals surface area contributed by atoms with E-state index >= 15 is 0 Å². The maximum atomic E-state index is 6.31. The van der Waals surface area contributed by atoms with Crippen LogP contribution in [-0.4, -0.2) is 26.2 Å². The van der Waals surface area contributed by atoms with Crippen LogP contribution < -0.4 is 20.1 Å². The van der Waals surface area contributed by atoms with Crippen molar-refractivity contribution >= 4 is 17.3 Å². The van der Waals surface area contributed by atoms with Gasteiger partial charge in [-0.25, -0.2) is 0 Å². The molecule has 2 aromatic rings. The van der Waals surface area contributed by atoms with Gasteiger partial charge in [0.2, 0.25) is 0 Å². The number of rotatable bonds is 7. The van der Waals surface area contributed by atoms with E-state index in [0.717, 1.165) is 35.9 Å². The average molecular weight is 388 g/mol. The Morgan fingerprint density at radius 1 is 1.26 bits per heavy atom. The third kappa shape index (κ3) is 5.16. The van der Waals surface area contributed by atoms with Gasteiger partial charge >= 0.3 is 0 Å². The second-order valence-electron chi connectivity index (χ2n) is 6.78. The van der Waals surface area contributed by atoms with E-state index in [1.165, 1.54) is 17.7 Å². The molecule has 2 N–H and O–H groups in total. The zero-order chi connectivity index (χ0) is 19.1.